The van der Waals surface area contributed by atoms with Gasteiger partial charge in [-0.05, 0) is 38.0 Å². The van der Waals surface area contributed by atoms with E-state index in [1.54, 1.807) is 0 Å². The first-order chi connectivity index (χ1) is 8.18. The summed E-state index contributed by atoms with van der Waals surface area (Å²) in [7, 11) is 0. The summed E-state index contributed by atoms with van der Waals surface area (Å²) < 4.78 is 5.39. The number of hydrogen-bond acceptors (Lipinski definition) is 3. The van der Waals surface area contributed by atoms with Crippen LogP contribution in [0.1, 0.15) is 26.2 Å². The van der Waals surface area contributed by atoms with Gasteiger partial charge in [-0.15, -0.1) is 0 Å². The minimum Gasteiger partial charge on any atom is -0.377 e. The van der Waals surface area contributed by atoms with E-state index >= 15 is 0 Å². The lowest BCUT2D eigenvalue weighted by molar-refractivity contribution is -0.145. The Kier molecular flexibility index (Phi) is 2.87. The van der Waals surface area contributed by atoms with E-state index < -0.39 is 0 Å². The minimum absolute atomic E-state index is 0.0919. The topological polar surface area (TPSA) is 55.6 Å². The van der Waals surface area contributed by atoms with Gasteiger partial charge < -0.3 is 15.4 Å². The largest absolute Gasteiger partial charge is 0.377 e. The van der Waals surface area contributed by atoms with E-state index in [2.05, 4.69) is 6.92 Å². The fourth-order valence-corrected chi connectivity index (χ4v) is 3.95. The third-order valence-corrected chi connectivity index (χ3v) is 4.92. The number of morpholine rings is 1. The van der Waals surface area contributed by atoms with Crippen LogP contribution in [0, 0.1) is 17.8 Å². The van der Waals surface area contributed by atoms with Crippen LogP contribution in [-0.2, 0) is 9.53 Å². The first-order valence-electron chi connectivity index (χ1n) is 6.82. The summed E-state index contributed by atoms with van der Waals surface area (Å²) in [6.07, 6.45) is 3.61. The van der Waals surface area contributed by atoms with Crippen molar-refractivity contribution in [2.45, 2.75) is 38.3 Å². The second-order valence-electron chi connectivity index (χ2n) is 5.89. The summed E-state index contributed by atoms with van der Waals surface area (Å²) in [6.45, 7) is 4.14. The fourth-order valence-electron chi connectivity index (χ4n) is 3.95. The molecule has 2 bridgehead atoms. The van der Waals surface area contributed by atoms with Gasteiger partial charge in [0, 0.05) is 12.6 Å². The Morgan fingerprint density at radius 2 is 2.12 bits per heavy atom. The van der Waals surface area contributed by atoms with Crippen LogP contribution in [0.4, 0.5) is 0 Å². The number of fused-ring (bicyclic) bond motifs is 2. The van der Waals surface area contributed by atoms with E-state index in [0.717, 1.165) is 6.54 Å². The molecule has 2 N–H and O–H groups in total. The second kappa shape index (κ2) is 4.25. The second-order valence-corrected chi connectivity index (χ2v) is 5.89. The van der Waals surface area contributed by atoms with E-state index in [4.69, 9.17) is 10.5 Å². The molecular weight excluding hydrogens is 216 g/mol. The maximum Gasteiger partial charge on any atom is 0.227 e. The Bertz CT molecular complexity index is 319. The molecule has 3 aliphatic rings. The van der Waals surface area contributed by atoms with Crippen molar-refractivity contribution in [1.82, 2.24) is 4.90 Å². The summed E-state index contributed by atoms with van der Waals surface area (Å²) >= 11 is 0. The Morgan fingerprint density at radius 1 is 1.35 bits per heavy atom. The van der Waals surface area contributed by atoms with Gasteiger partial charge in [-0.1, -0.05) is 0 Å². The van der Waals surface area contributed by atoms with Gasteiger partial charge in [-0.25, -0.2) is 0 Å². The molecule has 4 nitrogen and oxygen atoms in total. The zero-order valence-electron chi connectivity index (χ0n) is 10.5. The van der Waals surface area contributed by atoms with Crippen LogP contribution in [-0.4, -0.2) is 42.6 Å². The lowest BCUT2D eigenvalue weighted by atomic mass is 9.83. The average Bonchev–Trinajstić information content (AvgIpc) is 2.89. The lowest BCUT2D eigenvalue weighted by Crippen LogP contribution is -2.53. The van der Waals surface area contributed by atoms with Crippen molar-refractivity contribution in [3.05, 3.63) is 0 Å². The summed E-state index contributed by atoms with van der Waals surface area (Å²) in [4.78, 5) is 14.6. The quantitative estimate of drug-likeness (QED) is 0.728. The summed E-state index contributed by atoms with van der Waals surface area (Å²) in [6, 6.07) is 0.318. The number of amides is 1. The highest BCUT2D eigenvalue weighted by atomic mass is 16.5. The van der Waals surface area contributed by atoms with Crippen molar-refractivity contribution in [2.75, 3.05) is 19.8 Å². The van der Waals surface area contributed by atoms with Crippen LogP contribution >= 0.6 is 0 Å². The van der Waals surface area contributed by atoms with E-state index in [9.17, 15) is 4.79 Å². The van der Waals surface area contributed by atoms with Crippen LogP contribution < -0.4 is 5.73 Å². The van der Waals surface area contributed by atoms with Crippen molar-refractivity contribution in [1.29, 1.82) is 0 Å². The predicted octanol–water partition coefficient (Wildman–Crippen LogP) is 0.607. The molecule has 4 unspecified atom stereocenters. The number of nitrogens with zero attached hydrogens (tertiary/aromatic N) is 1. The van der Waals surface area contributed by atoms with Crippen molar-refractivity contribution in [3.63, 3.8) is 0 Å². The molecule has 0 radical (unpaired) electrons. The molecule has 0 aromatic carbocycles. The van der Waals surface area contributed by atoms with Gasteiger partial charge in [0.15, 0.2) is 0 Å². The summed E-state index contributed by atoms with van der Waals surface area (Å²) in [5.41, 5.74) is 6.24. The smallest absolute Gasteiger partial charge is 0.227 e. The number of carbonyl (C=O) groups is 1. The Labute approximate surface area is 102 Å². The molecule has 3 fully saturated rings. The van der Waals surface area contributed by atoms with Crippen LogP contribution in [0.25, 0.3) is 0 Å². The Balaban J connectivity index is 1.73. The molecule has 17 heavy (non-hydrogen) atoms. The maximum atomic E-state index is 12.6. The fraction of sp³-hybridized carbons (Fsp3) is 0.923. The average molecular weight is 238 g/mol. The molecule has 5 atom stereocenters. The zero-order chi connectivity index (χ0) is 12.0. The summed E-state index contributed by atoms with van der Waals surface area (Å²) in [5, 5.41) is 0. The molecule has 0 spiro atoms. The van der Waals surface area contributed by atoms with Crippen LogP contribution in [0.3, 0.4) is 0 Å². The van der Waals surface area contributed by atoms with Crippen molar-refractivity contribution < 1.29 is 9.53 Å². The highest BCUT2D eigenvalue weighted by Gasteiger charge is 2.50. The number of ether oxygens (including phenoxy) is 1. The number of carbonyl (C=O) groups excluding carboxylic acids is 1. The van der Waals surface area contributed by atoms with E-state index in [1.165, 1.54) is 19.3 Å². The van der Waals surface area contributed by atoms with Crippen LogP contribution in [0.15, 0.2) is 0 Å². The molecule has 2 saturated carbocycles. The Morgan fingerprint density at radius 3 is 2.76 bits per heavy atom. The zero-order valence-corrected chi connectivity index (χ0v) is 10.5. The van der Waals surface area contributed by atoms with E-state index in [1.807, 2.05) is 4.90 Å². The maximum absolute atomic E-state index is 12.6. The Hall–Kier alpha value is -0.610. The standard InChI is InChI=1S/C13H22N2O2/c1-8-7-17-5-4-15(8)13(16)11-9-2-3-10(6-9)12(11)14/h8-12H,2-7,14H2,1H3/t8-,9?,10?,11?,12?/m1/s1. The SMILES string of the molecule is C[C@@H]1COCCN1C(=O)C1C2CCC(C2)C1N. The molecule has 96 valence electrons. The molecule has 2 aliphatic carbocycles. The van der Waals surface area contributed by atoms with Gasteiger partial charge in [0.05, 0.1) is 25.2 Å². The first kappa shape index (κ1) is 11.5. The highest BCUT2D eigenvalue weighted by Crippen LogP contribution is 2.48. The lowest BCUT2D eigenvalue weighted by Gasteiger charge is -2.38. The molecule has 0 aromatic heterocycles. The molecule has 1 aliphatic heterocycles. The monoisotopic (exact) mass is 238 g/mol. The first-order valence-corrected chi connectivity index (χ1v) is 6.82. The molecule has 0 aromatic rings. The van der Waals surface area contributed by atoms with Crippen molar-refractivity contribution in [3.8, 4) is 0 Å². The molecule has 4 heteroatoms. The molecule has 1 heterocycles. The van der Waals surface area contributed by atoms with Crippen molar-refractivity contribution in [2.24, 2.45) is 23.5 Å². The number of nitrogens with two attached hydrogens (primary N) is 1. The van der Waals surface area contributed by atoms with Crippen LogP contribution in [0.5, 0.6) is 0 Å². The predicted molar refractivity (Wildman–Crippen MR) is 64.3 cm³/mol. The van der Waals surface area contributed by atoms with Crippen molar-refractivity contribution >= 4 is 5.91 Å². The van der Waals surface area contributed by atoms with E-state index in [-0.39, 0.29) is 18.0 Å². The molecule has 1 saturated heterocycles. The normalized spacial score (nSPS) is 45.3. The van der Waals surface area contributed by atoms with E-state index in [0.29, 0.717) is 31.0 Å². The van der Waals surface area contributed by atoms with Gasteiger partial charge in [-0.3, -0.25) is 4.79 Å². The minimum atomic E-state index is 0.0919. The molecular formula is C13H22N2O2. The third kappa shape index (κ3) is 1.78. The third-order valence-electron chi connectivity index (χ3n) is 4.92. The van der Waals surface area contributed by atoms with Gasteiger partial charge in [-0.2, -0.15) is 0 Å². The molecule has 3 rings (SSSR count). The number of rotatable bonds is 1. The highest BCUT2D eigenvalue weighted by molar-refractivity contribution is 5.81. The van der Waals surface area contributed by atoms with Gasteiger partial charge in [0.25, 0.3) is 0 Å². The van der Waals surface area contributed by atoms with Gasteiger partial charge >= 0.3 is 0 Å². The number of hydrogen-bond donors (Lipinski definition) is 1. The van der Waals surface area contributed by atoms with Gasteiger partial charge in [0.2, 0.25) is 5.91 Å². The summed E-state index contributed by atoms with van der Waals surface area (Å²) in [5.74, 6) is 1.54. The van der Waals surface area contributed by atoms with Crippen LogP contribution in [0.2, 0.25) is 0 Å². The van der Waals surface area contributed by atoms with Gasteiger partial charge in [0.1, 0.15) is 0 Å². The molecule has 1 amide bonds.